The Labute approximate surface area is 103 Å². The molecule has 5 heteroatoms. The first-order valence-corrected chi connectivity index (χ1v) is 5.58. The first kappa shape index (κ1) is 10.8. The van der Waals surface area contributed by atoms with E-state index in [9.17, 15) is 4.39 Å². The lowest BCUT2D eigenvalue weighted by molar-refractivity contribution is 0.612. The summed E-state index contributed by atoms with van der Waals surface area (Å²) in [4.78, 5) is 8.24. The molecule has 0 saturated heterocycles. The smallest absolute Gasteiger partial charge is 0.184 e. The maximum Gasteiger partial charge on any atom is 0.184 e. The molecule has 0 N–H and O–H groups in total. The van der Waals surface area contributed by atoms with Gasteiger partial charge in [-0.15, -0.1) is 5.10 Å². The van der Waals surface area contributed by atoms with E-state index >= 15 is 0 Å². The maximum absolute atomic E-state index is 13.5. The van der Waals surface area contributed by atoms with Gasteiger partial charge in [-0.25, -0.2) is 13.9 Å². The highest BCUT2D eigenvalue weighted by Gasteiger charge is 2.12. The van der Waals surface area contributed by atoms with Gasteiger partial charge < -0.3 is 0 Å². The zero-order valence-corrected chi connectivity index (χ0v) is 10.1. The summed E-state index contributed by atoms with van der Waals surface area (Å²) >= 11 is 0. The zero-order valence-electron chi connectivity index (χ0n) is 10.1. The van der Waals surface area contributed by atoms with Crippen LogP contribution in [-0.4, -0.2) is 19.6 Å². The average molecular weight is 242 g/mol. The SMILES string of the molecule is Cc1ccn2nc(-c3cncc(F)c3C)nc2c1. The van der Waals surface area contributed by atoms with Crippen LogP contribution in [0.15, 0.2) is 30.7 Å². The second-order valence-corrected chi connectivity index (χ2v) is 4.24. The standard InChI is InChI=1S/C13H11FN4/c1-8-3-4-18-12(5-8)16-13(17-18)10-6-15-7-11(14)9(10)2/h3-7H,1-2H3. The third-order valence-electron chi connectivity index (χ3n) is 2.89. The molecule has 3 aromatic rings. The highest BCUT2D eigenvalue weighted by Crippen LogP contribution is 2.21. The molecule has 3 aromatic heterocycles. The number of halogens is 1. The molecule has 0 bridgehead atoms. The Kier molecular flexibility index (Phi) is 2.33. The van der Waals surface area contributed by atoms with Gasteiger partial charge in [0.15, 0.2) is 11.5 Å². The van der Waals surface area contributed by atoms with Crippen molar-refractivity contribution >= 4 is 5.65 Å². The van der Waals surface area contributed by atoms with E-state index in [0.717, 1.165) is 11.2 Å². The molecule has 0 aromatic carbocycles. The fourth-order valence-corrected chi connectivity index (χ4v) is 1.82. The number of pyridine rings is 2. The number of nitrogens with zero attached hydrogens (tertiary/aromatic N) is 4. The molecule has 0 spiro atoms. The van der Waals surface area contributed by atoms with Gasteiger partial charge in [0.1, 0.15) is 5.82 Å². The second kappa shape index (κ2) is 3.87. The quantitative estimate of drug-likeness (QED) is 0.658. The van der Waals surface area contributed by atoms with Crippen molar-refractivity contribution in [3.63, 3.8) is 0 Å². The van der Waals surface area contributed by atoms with Gasteiger partial charge in [-0.3, -0.25) is 4.98 Å². The Morgan fingerprint density at radius 3 is 2.89 bits per heavy atom. The fourth-order valence-electron chi connectivity index (χ4n) is 1.82. The monoisotopic (exact) mass is 242 g/mol. The normalized spacial score (nSPS) is 11.1. The Hall–Kier alpha value is -2.30. The van der Waals surface area contributed by atoms with Crippen molar-refractivity contribution < 1.29 is 4.39 Å². The fraction of sp³-hybridized carbons (Fsp3) is 0.154. The predicted molar refractivity (Wildman–Crippen MR) is 65.7 cm³/mol. The molecular weight excluding hydrogens is 231 g/mol. The largest absolute Gasteiger partial charge is 0.261 e. The minimum atomic E-state index is -0.345. The lowest BCUT2D eigenvalue weighted by atomic mass is 10.1. The lowest BCUT2D eigenvalue weighted by Crippen LogP contribution is -1.92. The molecule has 3 rings (SSSR count). The third kappa shape index (κ3) is 1.64. The van der Waals surface area contributed by atoms with E-state index < -0.39 is 0 Å². The molecule has 0 aliphatic carbocycles. The van der Waals surface area contributed by atoms with E-state index in [1.807, 2.05) is 25.3 Å². The molecule has 0 radical (unpaired) electrons. The van der Waals surface area contributed by atoms with Gasteiger partial charge in [0.05, 0.1) is 6.20 Å². The van der Waals surface area contributed by atoms with Gasteiger partial charge in [0.25, 0.3) is 0 Å². The van der Waals surface area contributed by atoms with E-state index in [1.54, 1.807) is 17.6 Å². The van der Waals surface area contributed by atoms with Crippen LogP contribution >= 0.6 is 0 Å². The molecule has 0 saturated carbocycles. The summed E-state index contributed by atoms with van der Waals surface area (Å²) in [5.74, 6) is 0.146. The number of hydrogen-bond acceptors (Lipinski definition) is 3. The first-order chi connectivity index (χ1) is 8.65. The number of aromatic nitrogens is 4. The van der Waals surface area contributed by atoms with Gasteiger partial charge >= 0.3 is 0 Å². The third-order valence-corrected chi connectivity index (χ3v) is 2.89. The van der Waals surface area contributed by atoms with Crippen LogP contribution in [0.5, 0.6) is 0 Å². The summed E-state index contributed by atoms with van der Waals surface area (Å²) in [5.41, 5.74) is 2.98. The number of hydrogen-bond donors (Lipinski definition) is 0. The van der Waals surface area contributed by atoms with Crippen LogP contribution in [0.2, 0.25) is 0 Å². The highest BCUT2D eigenvalue weighted by molar-refractivity contribution is 5.61. The van der Waals surface area contributed by atoms with E-state index in [1.165, 1.54) is 6.20 Å². The van der Waals surface area contributed by atoms with Gasteiger partial charge in [-0.1, -0.05) is 0 Å². The minimum absolute atomic E-state index is 0.345. The van der Waals surface area contributed by atoms with Crippen molar-refractivity contribution in [2.45, 2.75) is 13.8 Å². The molecule has 3 heterocycles. The molecule has 4 nitrogen and oxygen atoms in total. The van der Waals surface area contributed by atoms with Crippen LogP contribution in [0.25, 0.3) is 17.0 Å². The lowest BCUT2D eigenvalue weighted by Gasteiger charge is -2.00. The molecule has 18 heavy (non-hydrogen) atoms. The average Bonchev–Trinajstić information content (AvgIpc) is 2.75. The summed E-state index contributed by atoms with van der Waals surface area (Å²) in [6.45, 7) is 3.69. The maximum atomic E-state index is 13.5. The summed E-state index contributed by atoms with van der Waals surface area (Å²) in [5, 5.41) is 4.32. The summed E-state index contributed by atoms with van der Waals surface area (Å²) in [7, 11) is 0. The van der Waals surface area contributed by atoms with Crippen molar-refractivity contribution in [3.8, 4) is 11.4 Å². The molecule has 0 aliphatic rings. The van der Waals surface area contributed by atoms with Crippen LogP contribution in [-0.2, 0) is 0 Å². The Morgan fingerprint density at radius 2 is 2.06 bits per heavy atom. The number of aryl methyl sites for hydroxylation is 1. The van der Waals surface area contributed by atoms with Gasteiger partial charge in [-0.2, -0.15) is 0 Å². The second-order valence-electron chi connectivity index (χ2n) is 4.24. The van der Waals surface area contributed by atoms with Gasteiger partial charge in [0, 0.05) is 18.0 Å². The Morgan fingerprint density at radius 1 is 1.22 bits per heavy atom. The van der Waals surface area contributed by atoms with Crippen LogP contribution in [0.1, 0.15) is 11.1 Å². The van der Waals surface area contributed by atoms with Gasteiger partial charge in [0.2, 0.25) is 0 Å². The number of fused-ring (bicyclic) bond motifs is 1. The molecule has 0 amide bonds. The zero-order chi connectivity index (χ0) is 12.7. The molecule has 90 valence electrons. The summed E-state index contributed by atoms with van der Waals surface area (Å²) < 4.78 is 15.1. The summed E-state index contributed by atoms with van der Waals surface area (Å²) in [6, 6.07) is 3.88. The van der Waals surface area contributed by atoms with Crippen LogP contribution in [0.3, 0.4) is 0 Å². The van der Waals surface area contributed by atoms with Crippen LogP contribution < -0.4 is 0 Å². The molecular formula is C13H11FN4. The molecule has 0 fully saturated rings. The van der Waals surface area contributed by atoms with Crippen molar-refractivity contribution in [2.75, 3.05) is 0 Å². The molecule has 0 aliphatic heterocycles. The number of rotatable bonds is 1. The Balaban J connectivity index is 2.22. The van der Waals surface area contributed by atoms with E-state index in [-0.39, 0.29) is 5.82 Å². The van der Waals surface area contributed by atoms with Gasteiger partial charge in [-0.05, 0) is 37.1 Å². The van der Waals surface area contributed by atoms with Crippen LogP contribution in [0, 0.1) is 19.7 Å². The Bertz CT molecular complexity index is 733. The predicted octanol–water partition coefficient (Wildman–Crippen LogP) is 2.55. The highest BCUT2D eigenvalue weighted by atomic mass is 19.1. The van der Waals surface area contributed by atoms with Crippen molar-refractivity contribution in [1.82, 2.24) is 19.6 Å². The van der Waals surface area contributed by atoms with E-state index in [0.29, 0.717) is 17.0 Å². The summed E-state index contributed by atoms with van der Waals surface area (Å²) in [6.07, 6.45) is 4.61. The minimum Gasteiger partial charge on any atom is -0.261 e. The van der Waals surface area contributed by atoms with Crippen molar-refractivity contribution in [2.24, 2.45) is 0 Å². The van der Waals surface area contributed by atoms with Crippen molar-refractivity contribution in [3.05, 3.63) is 47.7 Å². The molecule has 0 atom stereocenters. The van der Waals surface area contributed by atoms with E-state index in [4.69, 9.17) is 0 Å². The van der Waals surface area contributed by atoms with Crippen LogP contribution in [0.4, 0.5) is 4.39 Å². The first-order valence-electron chi connectivity index (χ1n) is 5.58. The molecule has 0 unspecified atom stereocenters. The van der Waals surface area contributed by atoms with Crippen molar-refractivity contribution in [1.29, 1.82) is 0 Å². The van der Waals surface area contributed by atoms with E-state index in [2.05, 4.69) is 15.1 Å². The topological polar surface area (TPSA) is 43.1 Å².